The van der Waals surface area contributed by atoms with Crippen molar-refractivity contribution in [3.05, 3.63) is 47.0 Å². The lowest BCUT2D eigenvalue weighted by molar-refractivity contribution is -0.137. The highest BCUT2D eigenvalue weighted by Crippen LogP contribution is 2.22. The van der Waals surface area contributed by atoms with E-state index in [1.807, 2.05) is 29.2 Å². The highest BCUT2D eigenvalue weighted by molar-refractivity contribution is 6.31. The summed E-state index contributed by atoms with van der Waals surface area (Å²) in [6, 6.07) is 7.48. The first-order chi connectivity index (χ1) is 13.0. The molecule has 0 aromatic heterocycles. The fourth-order valence-electron chi connectivity index (χ4n) is 3.37. The van der Waals surface area contributed by atoms with Crippen LogP contribution < -0.4 is 0 Å². The molecule has 1 aliphatic rings. The van der Waals surface area contributed by atoms with Gasteiger partial charge in [0, 0.05) is 30.8 Å². The zero-order valence-electron chi connectivity index (χ0n) is 15.5. The zero-order valence-corrected chi connectivity index (χ0v) is 16.3. The number of aliphatic carboxylic acids is 1. The van der Waals surface area contributed by atoms with Crippen molar-refractivity contribution in [3.63, 3.8) is 0 Å². The maximum Gasteiger partial charge on any atom is 0.303 e. The number of hydrogen-bond donors (Lipinski definition) is 2. The van der Waals surface area contributed by atoms with Crippen molar-refractivity contribution in [2.75, 3.05) is 6.54 Å². The number of amides is 1. The van der Waals surface area contributed by atoms with E-state index in [9.17, 15) is 14.7 Å². The number of likely N-dealkylation sites (tertiary alicyclic amines) is 1. The van der Waals surface area contributed by atoms with Crippen molar-refractivity contribution in [2.45, 2.75) is 63.5 Å². The van der Waals surface area contributed by atoms with Gasteiger partial charge in [0.1, 0.15) is 0 Å². The summed E-state index contributed by atoms with van der Waals surface area (Å²) in [6.45, 7) is 0.682. The third kappa shape index (κ3) is 7.35. The van der Waals surface area contributed by atoms with Gasteiger partial charge in [-0.05, 0) is 30.9 Å². The molecule has 0 spiro atoms. The van der Waals surface area contributed by atoms with Crippen molar-refractivity contribution in [2.24, 2.45) is 0 Å². The highest BCUT2D eigenvalue weighted by Gasteiger charge is 2.28. The van der Waals surface area contributed by atoms with Crippen molar-refractivity contribution in [3.8, 4) is 0 Å². The van der Waals surface area contributed by atoms with E-state index in [4.69, 9.17) is 16.7 Å². The summed E-state index contributed by atoms with van der Waals surface area (Å²) >= 11 is 6.13. The third-order valence-electron chi connectivity index (χ3n) is 4.86. The molecule has 1 aliphatic heterocycles. The summed E-state index contributed by atoms with van der Waals surface area (Å²) in [5, 5.41) is 19.5. The van der Waals surface area contributed by atoms with Gasteiger partial charge in [-0.2, -0.15) is 0 Å². The van der Waals surface area contributed by atoms with E-state index in [0.717, 1.165) is 31.2 Å². The first kappa shape index (κ1) is 21.5. The van der Waals surface area contributed by atoms with Crippen LogP contribution in [0, 0.1) is 0 Å². The molecule has 0 aliphatic carbocycles. The number of benzene rings is 1. The molecule has 0 bridgehead atoms. The summed E-state index contributed by atoms with van der Waals surface area (Å²) < 4.78 is 0. The average Bonchev–Trinajstić information content (AvgIpc) is 2.98. The Morgan fingerprint density at radius 3 is 2.74 bits per heavy atom. The number of nitrogens with zero attached hydrogens (tertiary/aromatic N) is 1. The molecule has 0 unspecified atom stereocenters. The summed E-state index contributed by atoms with van der Waals surface area (Å²) in [7, 11) is 0. The largest absolute Gasteiger partial charge is 0.481 e. The standard InChI is InChI=1S/C21H28ClNO4/c22-19-8-5-4-7-16(19)15-18(24)12-10-17-11-13-20(25)23(17)14-6-2-1-3-9-21(26)27/h4-5,7-8,10,12,17-18,24H,1-3,6,9,11,13-15H2,(H,26,27)/t17-,18-/m0/s1. The maximum absolute atomic E-state index is 12.1. The quantitative estimate of drug-likeness (QED) is 0.442. The highest BCUT2D eigenvalue weighted by atomic mass is 35.5. The van der Waals surface area contributed by atoms with Crippen LogP contribution >= 0.6 is 11.6 Å². The molecule has 1 amide bonds. The van der Waals surface area contributed by atoms with Gasteiger partial charge in [0.15, 0.2) is 0 Å². The molecule has 1 aromatic rings. The van der Waals surface area contributed by atoms with Crippen LogP contribution in [0.15, 0.2) is 36.4 Å². The third-order valence-corrected chi connectivity index (χ3v) is 5.23. The van der Waals surface area contributed by atoms with Gasteiger partial charge in [0.25, 0.3) is 0 Å². The number of halogens is 1. The molecule has 6 heteroatoms. The topological polar surface area (TPSA) is 77.8 Å². The number of carboxylic acid groups (broad SMARTS) is 1. The first-order valence-electron chi connectivity index (χ1n) is 9.58. The van der Waals surface area contributed by atoms with Crippen molar-refractivity contribution < 1.29 is 19.8 Å². The second-order valence-corrected chi connectivity index (χ2v) is 7.41. The Morgan fingerprint density at radius 1 is 1.26 bits per heavy atom. The zero-order chi connectivity index (χ0) is 19.6. The van der Waals surface area contributed by atoms with E-state index >= 15 is 0 Å². The number of carboxylic acids is 1. The number of unbranched alkanes of at least 4 members (excludes halogenated alkanes) is 3. The fourth-order valence-corrected chi connectivity index (χ4v) is 3.59. The van der Waals surface area contributed by atoms with Crippen molar-refractivity contribution in [1.29, 1.82) is 0 Å². The van der Waals surface area contributed by atoms with E-state index in [-0.39, 0.29) is 18.4 Å². The summed E-state index contributed by atoms with van der Waals surface area (Å²) in [6.07, 6.45) is 8.34. The minimum Gasteiger partial charge on any atom is -0.481 e. The first-order valence-corrected chi connectivity index (χ1v) is 9.96. The minimum atomic E-state index is -0.759. The number of rotatable bonds is 11. The van der Waals surface area contributed by atoms with Gasteiger partial charge in [0.2, 0.25) is 5.91 Å². The van der Waals surface area contributed by atoms with Gasteiger partial charge >= 0.3 is 5.97 Å². The van der Waals surface area contributed by atoms with Crippen LogP contribution in [0.25, 0.3) is 0 Å². The van der Waals surface area contributed by atoms with Gasteiger partial charge in [-0.1, -0.05) is 54.8 Å². The molecule has 2 N–H and O–H groups in total. The predicted molar refractivity (Wildman–Crippen MR) is 106 cm³/mol. The van der Waals surface area contributed by atoms with E-state index in [0.29, 0.717) is 30.8 Å². The lowest BCUT2D eigenvalue weighted by Gasteiger charge is -2.22. The smallest absolute Gasteiger partial charge is 0.303 e. The van der Waals surface area contributed by atoms with Crippen LogP contribution in [0.2, 0.25) is 5.02 Å². The molecular formula is C21H28ClNO4. The molecule has 1 saturated heterocycles. The Labute approximate surface area is 165 Å². The number of carbonyl (C=O) groups is 2. The Balaban J connectivity index is 1.78. The monoisotopic (exact) mass is 393 g/mol. The number of carbonyl (C=O) groups excluding carboxylic acids is 1. The molecule has 1 aromatic carbocycles. The molecule has 27 heavy (non-hydrogen) atoms. The van der Waals surface area contributed by atoms with Gasteiger partial charge in [-0.25, -0.2) is 0 Å². The Kier molecular flexibility index (Phi) is 8.82. The van der Waals surface area contributed by atoms with Gasteiger partial charge < -0.3 is 15.1 Å². The molecule has 0 saturated carbocycles. The Bertz CT molecular complexity index is 661. The van der Waals surface area contributed by atoms with E-state index in [2.05, 4.69) is 0 Å². The fraction of sp³-hybridized carbons (Fsp3) is 0.524. The number of aliphatic hydroxyl groups is 1. The lowest BCUT2D eigenvalue weighted by Crippen LogP contribution is -2.32. The molecule has 2 atom stereocenters. The van der Waals surface area contributed by atoms with Crippen molar-refractivity contribution >= 4 is 23.5 Å². The lowest BCUT2D eigenvalue weighted by atomic mass is 10.1. The van der Waals surface area contributed by atoms with E-state index < -0.39 is 12.1 Å². The minimum absolute atomic E-state index is 0.0254. The summed E-state index contributed by atoms with van der Waals surface area (Å²) in [5.74, 6) is -0.610. The summed E-state index contributed by atoms with van der Waals surface area (Å²) in [4.78, 5) is 24.5. The molecule has 2 rings (SSSR count). The normalized spacial score (nSPS) is 18.4. The molecule has 1 heterocycles. The van der Waals surface area contributed by atoms with Gasteiger partial charge in [-0.15, -0.1) is 0 Å². The van der Waals surface area contributed by atoms with Crippen LogP contribution in [-0.2, 0) is 16.0 Å². The second kappa shape index (κ2) is 11.1. The number of aliphatic hydroxyl groups excluding tert-OH is 1. The maximum atomic E-state index is 12.1. The number of hydrogen-bond acceptors (Lipinski definition) is 3. The molecule has 0 radical (unpaired) electrons. The SMILES string of the molecule is O=C(O)CCCCCCN1C(=O)CC[C@@H]1C=C[C@H](O)Cc1ccccc1Cl. The molecule has 1 fully saturated rings. The average molecular weight is 394 g/mol. The van der Waals surface area contributed by atoms with E-state index in [1.54, 1.807) is 12.1 Å². The van der Waals surface area contributed by atoms with Crippen LogP contribution in [0.1, 0.15) is 50.5 Å². The van der Waals surface area contributed by atoms with E-state index in [1.165, 1.54) is 0 Å². The van der Waals surface area contributed by atoms with Crippen LogP contribution in [0.5, 0.6) is 0 Å². The second-order valence-electron chi connectivity index (χ2n) is 7.00. The molecule has 5 nitrogen and oxygen atoms in total. The van der Waals surface area contributed by atoms with Gasteiger partial charge in [-0.3, -0.25) is 9.59 Å². The van der Waals surface area contributed by atoms with Crippen LogP contribution in [0.3, 0.4) is 0 Å². The Hall–Kier alpha value is -1.85. The summed E-state index contributed by atoms with van der Waals surface area (Å²) in [5.41, 5.74) is 0.900. The van der Waals surface area contributed by atoms with Crippen molar-refractivity contribution in [1.82, 2.24) is 4.90 Å². The Morgan fingerprint density at radius 2 is 2.00 bits per heavy atom. The molecule has 148 valence electrons. The van der Waals surface area contributed by atoms with Crippen LogP contribution in [-0.4, -0.2) is 45.7 Å². The van der Waals surface area contributed by atoms with Gasteiger partial charge in [0.05, 0.1) is 12.1 Å². The molecular weight excluding hydrogens is 366 g/mol. The van der Waals surface area contributed by atoms with Crippen LogP contribution in [0.4, 0.5) is 0 Å². The predicted octanol–water partition coefficient (Wildman–Crippen LogP) is 3.83.